The van der Waals surface area contributed by atoms with Gasteiger partial charge in [-0.2, -0.15) is 5.10 Å². The predicted octanol–water partition coefficient (Wildman–Crippen LogP) is 6.85. The van der Waals surface area contributed by atoms with Crippen molar-refractivity contribution in [1.82, 2.24) is 5.43 Å². The summed E-state index contributed by atoms with van der Waals surface area (Å²) >= 11 is 7.67. The summed E-state index contributed by atoms with van der Waals surface area (Å²) in [7, 11) is 1.47. The van der Waals surface area contributed by atoms with Gasteiger partial charge in [0.2, 0.25) is 0 Å². The number of rotatable bonds is 8. The standard InChI is InChI=1S/C30H23ClN2O5S/c1-18(37-22-13-12-20-7-3-4-8-21(20)16-22)29(34)33-32-17-19-11-14-24(25(15-19)36-2)38-30(35)28-27(31)23-9-5-6-10-26(23)39-28/h3-18H,1-2H3,(H,33,34)/b32-17-/t18-/m0/s1. The van der Waals surface area contributed by atoms with Crippen LogP contribution in [0.1, 0.15) is 22.2 Å². The quantitative estimate of drug-likeness (QED) is 0.0973. The number of amides is 1. The molecule has 7 nitrogen and oxygen atoms in total. The first-order valence-electron chi connectivity index (χ1n) is 12.0. The lowest BCUT2D eigenvalue weighted by Gasteiger charge is -2.13. The number of thiophene rings is 1. The monoisotopic (exact) mass is 558 g/mol. The Morgan fingerprint density at radius 1 is 0.949 bits per heavy atom. The molecule has 0 aliphatic rings. The SMILES string of the molecule is COc1cc(/C=N\NC(=O)[C@H](C)Oc2ccc3ccccc3c2)ccc1OC(=O)c1sc2ccccc2c1Cl. The molecule has 196 valence electrons. The van der Waals surface area contributed by atoms with E-state index in [4.69, 9.17) is 25.8 Å². The fraction of sp³-hybridized carbons (Fsp3) is 0.100. The van der Waals surface area contributed by atoms with Crippen LogP contribution in [0.25, 0.3) is 20.9 Å². The Morgan fingerprint density at radius 3 is 2.51 bits per heavy atom. The Kier molecular flexibility index (Phi) is 7.76. The summed E-state index contributed by atoms with van der Waals surface area (Å²) in [6.07, 6.45) is 0.692. The van der Waals surface area contributed by atoms with E-state index < -0.39 is 18.0 Å². The highest BCUT2D eigenvalue weighted by Gasteiger charge is 2.20. The van der Waals surface area contributed by atoms with E-state index in [9.17, 15) is 9.59 Å². The van der Waals surface area contributed by atoms with E-state index in [-0.39, 0.29) is 5.75 Å². The Labute approximate surface area is 233 Å². The Morgan fingerprint density at radius 2 is 1.72 bits per heavy atom. The maximum absolute atomic E-state index is 12.8. The van der Waals surface area contributed by atoms with Crippen LogP contribution in [0, 0.1) is 0 Å². The molecule has 0 spiro atoms. The van der Waals surface area contributed by atoms with Gasteiger partial charge in [-0.15, -0.1) is 11.3 Å². The molecule has 1 amide bonds. The van der Waals surface area contributed by atoms with Gasteiger partial charge in [0.05, 0.1) is 18.3 Å². The van der Waals surface area contributed by atoms with Crippen molar-refractivity contribution in [2.24, 2.45) is 5.10 Å². The number of carbonyl (C=O) groups is 2. The van der Waals surface area contributed by atoms with Crippen molar-refractivity contribution in [3.05, 3.63) is 100 Å². The molecule has 1 N–H and O–H groups in total. The molecule has 0 radical (unpaired) electrons. The molecule has 1 atom stereocenters. The zero-order valence-electron chi connectivity index (χ0n) is 21.0. The molecule has 9 heteroatoms. The first kappa shape index (κ1) is 26.2. The molecular weight excluding hydrogens is 536 g/mol. The van der Waals surface area contributed by atoms with Crippen LogP contribution in [0.4, 0.5) is 0 Å². The van der Waals surface area contributed by atoms with Crippen molar-refractivity contribution >= 4 is 61.9 Å². The highest BCUT2D eigenvalue weighted by molar-refractivity contribution is 7.21. The third kappa shape index (κ3) is 5.87. The van der Waals surface area contributed by atoms with E-state index in [0.717, 1.165) is 20.9 Å². The Bertz CT molecular complexity index is 1710. The average Bonchev–Trinajstić information content (AvgIpc) is 3.30. The van der Waals surface area contributed by atoms with E-state index in [0.29, 0.717) is 27.0 Å². The van der Waals surface area contributed by atoms with Crippen LogP contribution in [0.15, 0.2) is 90.0 Å². The lowest BCUT2D eigenvalue weighted by Crippen LogP contribution is -2.33. The van der Waals surface area contributed by atoms with Crippen LogP contribution in [-0.4, -0.2) is 31.3 Å². The molecule has 0 bridgehead atoms. The van der Waals surface area contributed by atoms with Gasteiger partial charge in [-0.05, 0) is 59.7 Å². The Hall–Kier alpha value is -4.40. The lowest BCUT2D eigenvalue weighted by atomic mass is 10.1. The van der Waals surface area contributed by atoms with Crippen LogP contribution in [0.5, 0.6) is 17.2 Å². The fourth-order valence-electron chi connectivity index (χ4n) is 3.90. The maximum atomic E-state index is 12.8. The second-order valence-corrected chi connectivity index (χ2v) is 9.97. The van der Waals surface area contributed by atoms with E-state index in [1.165, 1.54) is 24.7 Å². The molecule has 0 saturated heterocycles. The minimum Gasteiger partial charge on any atom is -0.493 e. The summed E-state index contributed by atoms with van der Waals surface area (Å²) < 4.78 is 17.6. The number of ether oxygens (including phenoxy) is 3. The van der Waals surface area contributed by atoms with Crippen LogP contribution >= 0.6 is 22.9 Å². The number of esters is 1. The maximum Gasteiger partial charge on any atom is 0.355 e. The van der Waals surface area contributed by atoms with E-state index >= 15 is 0 Å². The topological polar surface area (TPSA) is 86.2 Å². The summed E-state index contributed by atoms with van der Waals surface area (Å²) in [6, 6.07) is 26.0. The molecule has 1 aromatic heterocycles. The van der Waals surface area contributed by atoms with Crippen LogP contribution < -0.4 is 19.6 Å². The minimum absolute atomic E-state index is 0.231. The molecular formula is C30H23ClN2O5S. The van der Waals surface area contributed by atoms with Crippen LogP contribution in [0.3, 0.4) is 0 Å². The first-order valence-corrected chi connectivity index (χ1v) is 13.2. The number of hydrogen-bond acceptors (Lipinski definition) is 7. The molecule has 0 saturated carbocycles. The van der Waals surface area contributed by atoms with Crippen molar-refractivity contribution < 1.29 is 23.8 Å². The zero-order valence-corrected chi connectivity index (χ0v) is 22.6. The van der Waals surface area contributed by atoms with Gasteiger partial charge in [0.25, 0.3) is 5.91 Å². The third-order valence-electron chi connectivity index (χ3n) is 5.90. The van der Waals surface area contributed by atoms with Gasteiger partial charge in [-0.25, -0.2) is 10.2 Å². The number of hydrogen-bond donors (Lipinski definition) is 1. The number of nitrogens with zero attached hydrogens (tertiary/aromatic N) is 1. The highest BCUT2D eigenvalue weighted by Crippen LogP contribution is 2.37. The van der Waals surface area contributed by atoms with Gasteiger partial charge < -0.3 is 14.2 Å². The molecule has 4 aromatic carbocycles. The van der Waals surface area contributed by atoms with Gasteiger partial charge in [0.1, 0.15) is 10.6 Å². The zero-order chi connectivity index (χ0) is 27.4. The fourth-order valence-corrected chi connectivity index (χ4v) is 5.28. The summed E-state index contributed by atoms with van der Waals surface area (Å²) in [5.41, 5.74) is 3.10. The van der Waals surface area contributed by atoms with Gasteiger partial charge in [-0.1, -0.05) is 60.1 Å². The molecule has 5 aromatic rings. The van der Waals surface area contributed by atoms with Crippen molar-refractivity contribution in [3.8, 4) is 17.2 Å². The number of nitrogens with one attached hydrogen (secondary N) is 1. The minimum atomic E-state index is -0.764. The van der Waals surface area contributed by atoms with E-state index in [1.54, 1.807) is 25.1 Å². The van der Waals surface area contributed by atoms with E-state index in [2.05, 4.69) is 10.5 Å². The largest absolute Gasteiger partial charge is 0.493 e. The molecule has 39 heavy (non-hydrogen) atoms. The van der Waals surface area contributed by atoms with Crippen molar-refractivity contribution in [2.75, 3.05) is 7.11 Å². The number of fused-ring (bicyclic) bond motifs is 2. The number of benzene rings is 4. The van der Waals surface area contributed by atoms with E-state index in [1.807, 2.05) is 66.7 Å². The summed E-state index contributed by atoms with van der Waals surface area (Å²) in [4.78, 5) is 25.6. The lowest BCUT2D eigenvalue weighted by molar-refractivity contribution is -0.127. The molecule has 0 unspecified atom stereocenters. The van der Waals surface area contributed by atoms with Gasteiger partial charge in [0.15, 0.2) is 17.6 Å². The molecule has 5 rings (SSSR count). The number of carbonyl (C=O) groups excluding carboxylic acids is 2. The van der Waals surface area contributed by atoms with Gasteiger partial charge >= 0.3 is 5.97 Å². The summed E-state index contributed by atoms with van der Waals surface area (Å²) in [5, 5.41) is 7.29. The van der Waals surface area contributed by atoms with Crippen LogP contribution in [0.2, 0.25) is 5.02 Å². The second kappa shape index (κ2) is 11.6. The third-order valence-corrected chi connectivity index (χ3v) is 7.56. The smallest absolute Gasteiger partial charge is 0.355 e. The molecule has 0 aliphatic carbocycles. The number of halogens is 1. The van der Waals surface area contributed by atoms with Gasteiger partial charge in [0, 0.05) is 10.1 Å². The Balaban J connectivity index is 1.21. The highest BCUT2D eigenvalue weighted by atomic mass is 35.5. The molecule has 0 fully saturated rings. The summed E-state index contributed by atoms with van der Waals surface area (Å²) in [6.45, 7) is 1.65. The number of methoxy groups -OCH3 is 1. The summed E-state index contributed by atoms with van der Waals surface area (Å²) in [5.74, 6) is 0.163. The van der Waals surface area contributed by atoms with Crippen molar-refractivity contribution in [3.63, 3.8) is 0 Å². The van der Waals surface area contributed by atoms with Crippen LogP contribution in [-0.2, 0) is 4.79 Å². The van der Waals surface area contributed by atoms with Crippen molar-refractivity contribution in [2.45, 2.75) is 13.0 Å². The average molecular weight is 559 g/mol. The number of hydrazone groups is 1. The van der Waals surface area contributed by atoms with Gasteiger partial charge in [-0.3, -0.25) is 4.79 Å². The van der Waals surface area contributed by atoms with Crippen molar-refractivity contribution in [1.29, 1.82) is 0 Å². The predicted molar refractivity (Wildman–Crippen MR) is 155 cm³/mol. The molecule has 0 aliphatic heterocycles. The molecule has 1 heterocycles. The second-order valence-electron chi connectivity index (χ2n) is 8.54. The normalized spacial score (nSPS) is 12.0. The first-order chi connectivity index (χ1) is 18.9.